The number of ether oxygens (including phenoxy) is 1. The molecular formula is C18H21N3O3. The number of aryl methyl sites for hydroxylation is 1. The highest BCUT2D eigenvalue weighted by Gasteiger charge is 2.41. The first-order chi connectivity index (χ1) is 11.5. The summed E-state index contributed by atoms with van der Waals surface area (Å²) < 4.78 is 5.78. The molecule has 1 unspecified atom stereocenters. The van der Waals surface area contributed by atoms with Gasteiger partial charge in [-0.15, -0.1) is 0 Å². The topological polar surface area (TPSA) is 75.5 Å². The quantitative estimate of drug-likeness (QED) is 0.910. The van der Waals surface area contributed by atoms with Crippen LogP contribution in [0, 0.1) is 12.3 Å². The lowest BCUT2D eigenvalue weighted by Crippen LogP contribution is -2.32. The van der Waals surface area contributed by atoms with Crippen LogP contribution in [-0.4, -0.2) is 34.1 Å². The number of hydrogen-bond donors (Lipinski definition) is 1. The van der Waals surface area contributed by atoms with E-state index in [1.54, 1.807) is 13.0 Å². The van der Waals surface area contributed by atoms with Gasteiger partial charge >= 0.3 is 5.97 Å². The van der Waals surface area contributed by atoms with Crippen molar-refractivity contribution in [3.63, 3.8) is 0 Å². The number of benzene rings is 1. The highest BCUT2D eigenvalue weighted by Crippen LogP contribution is 2.32. The molecule has 1 aromatic carbocycles. The predicted molar refractivity (Wildman–Crippen MR) is 90.1 cm³/mol. The summed E-state index contributed by atoms with van der Waals surface area (Å²) >= 11 is 0. The fourth-order valence-corrected chi connectivity index (χ4v) is 2.78. The van der Waals surface area contributed by atoms with E-state index in [1.165, 1.54) is 0 Å². The summed E-state index contributed by atoms with van der Waals surface area (Å²) in [5.41, 5.74) is 1.11. The van der Waals surface area contributed by atoms with E-state index in [9.17, 15) is 9.90 Å². The van der Waals surface area contributed by atoms with Crippen molar-refractivity contribution in [1.29, 1.82) is 0 Å². The molecule has 3 rings (SSSR count). The molecule has 0 spiro atoms. The summed E-state index contributed by atoms with van der Waals surface area (Å²) in [6, 6.07) is 11.7. The first kappa shape index (κ1) is 16.2. The van der Waals surface area contributed by atoms with Crippen LogP contribution < -0.4 is 9.64 Å². The van der Waals surface area contributed by atoms with E-state index < -0.39 is 11.4 Å². The molecule has 0 bridgehead atoms. The second-order valence-electron chi connectivity index (χ2n) is 6.46. The Morgan fingerprint density at radius 2 is 2.08 bits per heavy atom. The van der Waals surface area contributed by atoms with E-state index in [0.29, 0.717) is 37.9 Å². The Balaban J connectivity index is 1.74. The molecule has 0 amide bonds. The van der Waals surface area contributed by atoms with Gasteiger partial charge in [-0.1, -0.05) is 30.3 Å². The normalized spacial score (nSPS) is 20.2. The lowest BCUT2D eigenvalue weighted by Gasteiger charge is -2.20. The van der Waals surface area contributed by atoms with Gasteiger partial charge < -0.3 is 14.7 Å². The van der Waals surface area contributed by atoms with Crippen LogP contribution >= 0.6 is 0 Å². The van der Waals surface area contributed by atoms with Crippen molar-refractivity contribution < 1.29 is 14.6 Å². The van der Waals surface area contributed by atoms with Crippen molar-refractivity contribution in [3.8, 4) is 5.88 Å². The number of aliphatic carboxylic acids is 1. The second-order valence-corrected chi connectivity index (χ2v) is 6.46. The monoisotopic (exact) mass is 327 g/mol. The van der Waals surface area contributed by atoms with Crippen molar-refractivity contribution in [3.05, 3.63) is 47.7 Å². The smallest absolute Gasteiger partial charge is 0.311 e. The van der Waals surface area contributed by atoms with E-state index in [1.807, 2.05) is 42.2 Å². The van der Waals surface area contributed by atoms with Crippen molar-refractivity contribution in [2.75, 3.05) is 18.0 Å². The Morgan fingerprint density at radius 1 is 1.33 bits per heavy atom. The first-order valence-electron chi connectivity index (χ1n) is 7.97. The van der Waals surface area contributed by atoms with Crippen molar-refractivity contribution in [2.45, 2.75) is 26.9 Å². The van der Waals surface area contributed by atoms with Crippen LogP contribution in [0.4, 0.5) is 5.95 Å². The third-order valence-electron chi connectivity index (χ3n) is 4.32. The summed E-state index contributed by atoms with van der Waals surface area (Å²) in [5.74, 6) is 0.256. The first-order valence-corrected chi connectivity index (χ1v) is 7.97. The largest absolute Gasteiger partial charge is 0.481 e. The molecule has 1 saturated heterocycles. The van der Waals surface area contributed by atoms with Gasteiger partial charge in [0.1, 0.15) is 6.61 Å². The number of rotatable bonds is 5. The van der Waals surface area contributed by atoms with Crippen LogP contribution in [-0.2, 0) is 11.4 Å². The highest BCUT2D eigenvalue weighted by atomic mass is 16.5. The van der Waals surface area contributed by atoms with E-state index in [2.05, 4.69) is 9.97 Å². The number of anilines is 1. The van der Waals surface area contributed by atoms with Crippen LogP contribution in [0.1, 0.15) is 24.6 Å². The van der Waals surface area contributed by atoms with Crippen LogP contribution in [0.3, 0.4) is 0 Å². The number of carbonyl (C=O) groups is 1. The minimum atomic E-state index is -0.779. The maximum atomic E-state index is 11.4. The molecular weight excluding hydrogens is 306 g/mol. The van der Waals surface area contributed by atoms with Gasteiger partial charge in [0.25, 0.3) is 0 Å². The van der Waals surface area contributed by atoms with Crippen molar-refractivity contribution in [1.82, 2.24) is 9.97 Å². The zero-order valence-electron chi connectivity index (χ0n) is 13.9. The lowest BCUT2D eigenvalue weighted by atomic mass is 9.90. The van der Waals surface area contributed by atoms with Crippen LogP contribution in [0.5, 0.6) is 5.88 Å². The van der Waals surface area contributed by atoms with Crippen LogP contribution in [0.2, 0.25) is 0 Å². The summed E-state index contributed by atoms with van der Waals surface area (Å²) in [4.78, 5) is 22.2. The standard InChI is InChI=1S/C18H21N3O3/c1-13-10-15(24-11-14-6-4-3-5-7-14)20-17(19-13)21-9-8-18(2,12-21)16(22)23/h3-7,10H,8-9,11-12H2,1-2H3,(H,22,23). The second kappa shape index (κ2) is 6.47. The molecule has 1 N–H and O–H groups in total. The molecule has 0 radical (unpaired) electrons. The van der Waals surface area contributed by atoms with Gasteiger partial charge in [0, 0.05) is 24.8 Å². The Bertz CT molecular complexity index is 736. The molecule has 2 aromatic rings. The summed E-state index contributed by atoms with van der Waals surface area (Å²) in [7, 11) is 0. The third kappa shape index (κ3) is 3.48. The molecule has 1 aliphatic heterocycles. The average molecular weight is 327 g/mol. The van der Waals surface area contributed by atoms with Gasteiger partial charge in [-0.25, -0.2) is 4.98 Å². The molecule has 0 saturated carbocycles. The van der Waals surface area contributed by atoms with Gasteiger partial charge in [0.2, 0.25) is 11.8 Å². The lowest BCUT2D eigenvalue weighted by molar-refractivity contribution is -0.146. The number of hydrogen-bond acceptors (Lipinski definition) is 5. The van der Waals surface area contributed by atoms with Gasteiger partial charge in [0.15, 0.2) is 0 Å². The molecule has 0 aliphatic carbocycles. The van der Waals surface area contributed by atoms with Crippen LogP contribution in [0.25, 0.3) is 0 Å². The fourth-order valence-electron chi connectivity index (χ4n) is 2.78. The van der Waals surface area contributed by atoms with Crippen molar-refractivity contribution >= 4 is 11.9 Å². The summed E-state index contributed by atoms with van der Waals surface area (Å²) in [6.45, 7) is 5.11. The Morgan fingerprint density at radius 3 is 2.75 bits per heavy atom. The maximum absolute atomic E-state index is 11.4. The molecule has 24 heavy (non-hydrogen) atoms. The minimum absolute atomic E-state index is 0.407. The molecule has 126 valence electrons. The van der Waals surface area contributed by atoms with Gasteiger partial charge in [0.05, 0.1) is 5.41 Å². The van der Waals surface area contributed by atoms with E-state index >= 15 is 0 Å². The number of aromatic nitrogens is 2. The van der Waals surface area contributed by atoms with E-state index in [0.717, 1.165) is 11.3 Å². The van der Waals surface area contributed by atoms with E-state index in [-0.39, 0.29) is 0 Å². The summed E-state index contributed by atoms with van der Waals surface area (Å²) in [5, 5.41) is 9.36. The molecule has 2 heterocycles. The van der Waals surface area contributed by atoms with Gasteiger partial charge in [-0.2, -0.15) is 4.98 Å². The van der Waals surface area contributed by atoms with Crippen molar-refractivity contribution in [2.24, 2.45) is 5.41 Å². The number of carboxylic acid groups (broad SMARTS) is 1. The Kier molecular flexibility index (Phi) is 4.38. The highest BCUT2D eigenvalue weighted by molar-refractivity contribution is 5.76. The third-order valence-corrected chi connectivity index (χ3v) is 4.32. The number of carboxylic acids is 1. The molecule has 1 aromatic heterocycles. The zero-order valence-corrected chi connectivity index (χ0v) is 13.9. The summed E-state index contributed by atoms with van der Waals surface area (Å²) in [6.07, 6.45) is 0.583. The Hall–Kier alpha value is -2.63. The van der Waals surface area contributed by atoms with E-state index in [4.69, 9.17) is 4.74 Å². The molecule has 6 nitrogen and oxygen atoms in total. The number of nitrogens with zero attached hydrogens (tertiary/aromatic N) is 3. The van der Waals surface area contributed by atoms with Gasteiger partial charge in [-0.05, 0) is 25.8 Å². The maximum Gasteiger partial charge on any atom is 0.311 e. The minimum Gasteiger partial charge on any atom is -0.481 e. The predicted octanol–water partition coefficient (Wildman–Crippen LogP) is 2.67. The molecule has 6 heteroatoms. The Labute approximate surface area is 141 Å². The molecule has 1 fully saturated rings. The zero-order chi connectivity index (χ0) is 17.2. The SMILES string of the molecule is Cc1cc(OCc2ccccc2)nc(N2CCC(C)(C(=O)O)C2)n1. The average Bonchev–Trinajstić information content (AvgIpc) is 2.97. The fraction of sp³-hybridized carbons (Fsp3) is 0.389. The van der Waals surface area contributed by atoms with Gasteiger partial charge in [-0.3, -0.25) is 4.79 Å². The van der Waals surface area contributed by atoms with Crippen LogP contribution in [0.15, 0.2) is 36.4 Å². The molecule has 1 aliphatic rings. The molecule has 1 atom stereocenters.